The Morgan fingerprint density at radius 3 is 2.52 bits per heavy atom. The van der Waals surface area contributed by atoms with E-state index in [2.05, 4.69) is 10.0 Å². The van der Waals surface area contributed by atoms with Gasteiger partial charge in [0.25, 0.3) is 0 Å². The van der Waals surface area contributed by atoms with Crippen molar-refractivity contribution in [3.63, 3.8) is 0 Å². The summed E-state index contributed by atoms with van der Waals surface area (Å²) in [5.41, 5.74) is 2.14. The van der Waals surface area contributed by atoms with Crippen molar-refractivity contribution in [2.45, 2.75) is 31.6 Å². The Kier molecular flexibility index (Phi) is 6.15. The van der Waals surface area contributed by atoms with Gasteiger partial charge in [-0.25, -0.2) is 13.1 Å². The molecule has 0 aromatic heterocycles. The van der Waals surface area contributed by atoms with E-state index in [9.17, 15) is 13.2 Å². The van der Waals surface area contributed by atoms with Crippen LogP contribution in [0, 0.1) is 0 Å². The van der Waals surface area contributed by atoms with Gasteiger partial charge in [0, 0.05) is 33.1 Å². The van der Waals surface area contributed by atoms with Crippen LogP contribution in [-0.2, 0) is 27.7 Å². The fourth-order valence-corrected chi connectivity index (χ4v) is 3.80. The molecule has 0 spiro atoms. The van der Waals surface area contributed by atoms with Gasteiger partial charge in [-0.1, -0.05) is 13.0 Å². The number of carbonyl (C=O) groups excluding carboxylic acids is 1. The Morgan fingerprint density at radius 1 is 1.17 bits per heavy atom. The molecular weight excluding hydrogens is 314 g/mol. The summed E-state index contributed by atoms with van der Waals surface area (Å²) in [6.45, 7) is 6.66. The van der Waals surface area contributed by atoms with Crippen LogP contribution in [0.2, 0.25) is 0 Å². The van der Waals surface area contributed by atoms with Crippen LogP contribution in [0.3, 0.4) is 0 Å². The summed E-state index contributed by atoms with van der Waals surface area (Å²) >= 11 is 0. The van der Waals surface area contributed by atoms with Gasteiger partial charge in [0.15, 0.2) is 0 Å². The lowest BCUT2D eigenvalue weighted by Gasteiger charge is -2.17. The first-order chi connectivity index (χ1) is 10.9. The lowest BCUT2D eigenvalue weighted by molar-refractivity contribution is -0.128. The Hall–Kier alpha value is -1.44. The van der Waals surface area contributed by atoms with E-state index in [1.54, 1.807) is 19.1 Å². The molecule has 0 fully saturated rings. The number of amides is 1. The van der Waals surface area contributed by atoms with Crippen molar-refractivity contribution in [1.82, 2.24) is 14.9 Å². The zero-order valence-corrected chi connectivity index (χ0v) is 14.6. The van der Waals surface area contributed by atoms with Crippen LogP contribution >= 0.6 is 0 Å². The minimum atomic E-state index is -3.49. The molecule has 2 N–H and O–H groups in total. The number of fused-ring (bicyclic) bond motifs is 1. The molecule has 0 saturated carbocycles. The maximum atomic E-state index is 12.3. The van der Waals surface area contributed by atoms with E-state index in [1.807, 2.05) is 17.9 Å². The quantitative estimate of drug-likeness (QED) is 0.741. The van der Waals surface area contributed by atoms with E-state index in [0.717, 1.165) is 24.1 Å². The minimum absolute atomic E-state index is 0.0655. The molecule has 0 saturated heterocycles. The van der Waals surface area contributed by atoms with E-state index in [4.69, 9.17) is 0 Å². The third kappa shape index (κ3) is 4.76. The van der Waals surface area contributed by atoms with Gasteiger partial charge in [0.1, 0.15) is 0 Å². The van der Waals surface area contributed by atoms with Gasteiger partial charge in [-0.2, -0.15) is 0 Å². The molecular formula is C16H25N3O3S. The van der Waals surface area contributed by atoms with Crippen molar-refractivity contribution in [1.29, 1.82) is 0 Å². The highest BCUT2D eigenvalue weighted by atomic mass is 32.2. The molecule has 0 atom stereocenters. The Balaban J connectivity index is 2.10. The largest absolute Gasteiger partial charge is 0.342 e. The highest BCUT2D eigenvalue weighted by Crippen LogP contribution is 2.20. The fraction of sp³-hybridized carbons (Fsp3) is 0.562. The van der Waals surface area contributed by atoms with Crippen molar-refractivity contribution in [2.75, 3.05) is 32.7 Å². The summed E-state index contributed by atoms with van der Waals surface area (Å²) in [5.74, 6) is 0.0655. The molecule has 0 aliphatic carbocycles. The van der Waals surface area contributed by atoms with E-state index in [1.165, 1.54) is 0 Å². The molecule has 1 amide bonds. The van der Waals surface area contributed by atoms with Crippen LogP contribution in [0.5, 0.6) is 0 Å². The first-order valence-corrected chi connectivity index (χ1v) is 9.50. The summed E-state index contributed by atoms with van der Waals surface area (Å²) in [6.07, 6.45) is 1.46. The Labute approximate surface area is 138 Å². The molecule has 1 heterocycles. The molecule has 0 unspecified atom stereocenters. The molecule has 1 aliphatic heterocycles. The second-order valence-corrected chi connectivity index (χ2v) is 7.45. The highest BCUT2D eigenvalue weighted by Gasteiger charge is 2.19. The van der Waals surface area contributed by atoms with Gasteiger partial charge in [0.05, 0.1) is 4.90 Å². The second-order valence-electron chi connectivity index (χ2n) is 5.69. The topological polar surface area (TPSA) is 78.5 Å². The number of carbonyl (C=O) groups is 1. The van der Waals surface area contributed by atoms with E-state index in [-0.39, 0.29) is 5.91 Å². The average molecular weight is 339 g/mol. The summed E-state index contributed by atoms with van der Waals surface area (Å²) in [6, 6.07) is 5.27. The number of nitrogens with zero attached hydrogens (tertiary/aromatic N) is 1. The molecule has 1 aromatic carbocycles. The monoisotopic (exact) mass is 339 g/mol. The molecule has 23 heavy (non-hydrogen) atoms. The van der Waals surface area contributed by atoms with Crippen LogP contribution in [0.15, 0.2) is 23.1 Å². The molecule has 6 nitrogen and oxygen atoms in total. The van der Waals surface area contributed by atoms with Gasteiger partial charge in [-0.15, -0.1) is 0 Å². The number of hydrogen-bond acceptors (Lipinski definition) is 4. The smallest absolute Gasteiger partial charge is 0.240 e. The Bertz CT molecular complexity index is 659. The van der Waals surface area contributed by atoms with Crippen LogP contribution in [0.1, 0.15) is 25.0 Å². The first kappa shape index (κ1) is 17.9. The van der Waals surface area contributed by atoms with Crippen LogP contribution < -0.4 is 10.0 Å². The normalized spacial score (nSPS) is 15.1. The van der Waals surface area contributed by atoms with Crippen molar-refractivity contribution < 1.29 is 13.2 Å². The fourth-order valence-electron chi connectivity index (χ4n) is 2.72. The van der Waals surface area contributed by atoms with Crippen LogP contribution in [0.4, 0.5) is 0 Å². The zero-order valence-electron chi connectivity index (χ0n) is 13.8. The summed E-state index contributed by atoms with van der Waals surface area (Å²) < 4.78 is 27.3. The second kappa shape index (κ2) is 7.90. The maximum Gasteiger partial charge on any atom is 0.240 e. The number of sulfonamides is 1. The van der Waals surface area contributed by atoms with Gasteiger partial charge < -0.3 is 10.2 Å². The van der Waals surface area contributed by atoms with E-state index >= 15 is 0 Å². The van der Waals surface area contributed by atoms with Crippen LogP contribution in [0.25, 0.3) is 0 Å². The van der Waals surface area contributed by atoms with E-state index < -0.39 is 10.0 Å². The summed E-state index contributed by atoms with van der Waals surface area (Å²) in [5, 5.41) is 3.08. The average Bonchev–Trinajstić information content (AvgIpc) is 2.73. The standard InChI is InChI=1S/C16H25N3O3S/c1-3-17-8-9-18-23(21,22)16-5-4-14-6-10-19(13(2)20)11-7-15(14)12-16/h4-5,12,17-18H,3,6-11H2,1-2H3. The first-order valence-electron chi connectivity index (χ1n) is 8.01. The SMILES string of the molecule is CCNCCNS(=O)(=O)c1ccc2c(c1)CCN(C(C)=O)CC2. The van der Waals surface area contributed by atoms with Gasteiger partial charge in [-0.3, -0.25) is 4.79 Å². The minimum Gasteiger partial charge on any atom is -0.342 e. The van der Waals surface area contributed by atoms with Crippen molar-refractivity contribution >= 4 is 15.9 Å². The molecule has 7 heteroatoms. The third-order valence-corrected chi connectivity index (χ3v) is 5.54. The van der Waals surface area contributed by atoms with Gasteiger partial charge in [-0.05, 0) is 42.6 Å². The zero-order chi connectivity index (χ0) is 16.9. The number of likely N-dealkylation sites (N-methyl/N-ethyl adjacent to an activating group) is 1. The van der Waals surface area contributed by atoms with Gasteiger partial charge >= 0.3 is 0 Å². The van der Waals surface area contributed by atoms with E-state index in [0.29, 0.717) is 37.5 Å². The van der Waals surface area contributed by atoms with Crippen molar-refractivity contribution in [3.8, 4) is 0 Å². The predicted octanol–water partition coefficient (Wildman–Crippen LogP) is 0.522. The number of nitrogens with one attached hydrogen (secondary N) is 2. The number of rotatable bonds is 6. The van der Waals surface area contributed by atoms with Crippen molar-refractivity contribution in [2.24, 2.45) is 0 Å². The predicted molar refractivity (Wildman–Crippen MR) is 89.8 cm³/mol. The molecule has 1 aromatic rings. The molecule has 1 aliphatic rings. The van der Waals surface area contributed by atoms with Crippen LogP contribution in [-0.4, -0.2) is 51.9 Å². The number of hydrogen-bond donors (Lipinski definition) is 2. The maximum absolute atomic E-state index is 12.3. The van der Waals surface area contributed by atoms with Gasteiger partial charge in [0.2, 0.25) is 15.9 Å². The molecule has 0 bridgehead atoms. The lowest BCUT2D eigenvalue weighted by atomic mass is 10.0. The summed E-state index contributed by atoms with van der Waals surface area (Å²) in [4.78, 5) is 13.6. The Morgan fingerprint density at radius 2 is 1.87 bits per heavy atom. The molecule has 2 rings (SSSR count). The van der Waals surface area contributed by atoms with Crippen molar-refractivity contribution in [3.05, 3.63) is 29.3 Å². The molecule has 128 valence electrons. The lowest BCUT2D eigenvalue weighted by Crippen LogP contribution is -2.31. The third-order valence-electron chi connectivity index (χ3n) is 4.08. The summed E-state index contributed by atoms with van der Waals surface area (Å²) in [7, 11) is -3.49. The number of benzene rings is 1. The highest BCUT2D eigenvalue weighted by molar-refractivity contribution is 7.89. The molecule has 0 radical (unpaired) electrons.